The Hall–Kier alpha value is -2.94. The van der Waals surface area contributed by atoms with Gasteiger partial charge in [0.25, 0.3) is 5.95 Å². The molecule has 140 valence electrons. The molecule has 27 heavy (non-hydrogen) atoms. The fourth-order valence-corrected chi connectivity index (χ4v) is 3.74. The number of aryl methyl sites for hydroxylation is 1. The zero-order valence-corrected chi connectivity index (χ0v) is 15.0. The molecule has 2 aliphatic rings. The number of H-pyrrole nitrogens is 1. The van der Waals surface area contributed by atoms with Crippen LogP contribution in [0.4, 0.5) is 11.8 Å². The number of nitrogens with zero attached hydrogens (tertiary/aromatic N) is 5. The van der Waals surface area contributed by atoms with E-state index in [1.54, 1.807) is 11.1 Å². The minimum Gasteiger partial charge on any atom is -0.381 e. The first-order chi connectivity index (χ1) is 13.1. The van der Waals surface area contributed by atoms with Crippen molar-refractivity contribution in [3.05, 3.63) is 39.7 Å². The van der Waals surface area contributed by atoms with E-state index in [0.29, 0.717) is 31.0 Å². The maximum absolute atomic E-state index is 13.4. The number of carbonyl (C=O) groups excluding carboxylic acids is 1. The maximum atomic E-state index is 13.4. The highest BCUT2D eigenvalue weighted by molar-refractivity contribution is 6.01. The lowest BCUT2D eigenvalue weighted by molar-refractivity contribution is -0.121. The van der Waals surface area contributed by atoms with Crippen molar-refractivity contribution in [1.29, 1.82) is 0 Å². The molecule has 1 saturated heterocycles. The highest BCUT2D eigenvalue weighted by Crippen LogP contribution is 2.38. The summed E-state index contributed by atoms with van der Waals surface area (Å²) in [4.78, 5) is 45.6. The van der Waals surface area contributed by atoms with Gasteiger partial charge in [-0.25, -0.2) is 19.8 Å². The molecule has 0 aliphatic carbocycles. The van der Waals surface area contributed by atoms with Crippen molar-refractivity contribution in [3.63, 3.8) is 0 Å². The second-order valence-electron chi connectivity index (χ2n) is 6.73. The van der Waals surface area contributed by atoms with Gasteiger partial charge < -0.3 is 9.72 Å². The number of ether oxygens (including phenoxy) is 1. The molecule has 0 bridgehead atoms. The summed E-state index contributed by atoms with van der Waals surface area (Å²) in [7, 11) is 0. The Bertz CT molecular complexity index is 930. The molecule has 1 N–H and O–H groups in total. The first-order valence-electron chi connectivity index (χ1n) is 8.88. The molecule has 4 rings (SSSR count). The van der Waals surface area contributed by atoms with E-state index in [2.05, 4.69) is 31.6 Å². The minimum atomic E-state index is -0.450. The summed E-state index contributed by atoms with van der Waals surface area (Å²) in [6.45, 7) is 6.60. The lowest BCUT2D eigenvalue weighted by Gasteiger charge is -2.40. The number of aromatic amines is 1. The van der Waals surface area contributed by atoms with E-state index in [-0.39, 0.29) is 17.9 Å². The lowest BCUT2D eigenvalue weighted by atomic mass is 9.87. The Morgan fingerprint density at radius 2 is 2.07 bits per heavy atom. The van der Waals surface area contributed by atoms with Crippen molar-refractivity contribution >= 4 is 24.4 Å². The van der Waals surface area contributed by atoms with Crippen LogP contribution in [-0.4, -0.2) is 51.8 Å². The first-order valence-corrected chi connectivity index (χ1v) is 8.88. The Morgan fingerprint density at radius 1 is 1.30 bits per heavy atom. The summed E-state index contributed by atoms with van der Waals surface area (Å²) >= 11 is 0. The van der Waals surface area contributed by atoms with Crippen molar-refractivity contribution in [1.82, 2.24) is 19.9 Å². The summed E-state index contributed by atoms with van der Waals surface area (Å²) in [5.41, 5.74) is 1.91. The standard InChI is InChI=1S/C18H20N6O3/c1-10-13-7-14(11-8-20-18(26)21-9-11)16(25)24(12-3-5-27-6-4-12)15(13)23-17(19-2)22-10/h8-9,12,14H,2-7H2,1H3,(H,20,21,26). The summed E-state index contributed by atoms with van der Waals surface area (Å²) in [5, 5.41) is 0. The number of fused-ring (bicyclic) bond motifs is 1. The number of carbonyl (C=O) groups is 1. The van der Waals surface area contributed by atoms with Crippen LogP contribution in [0.5, 0.6) is 0 Å². The molecular formula is C18H20N6O3. The van der Waals surface area contributed by atoms with Gasteiger partial charge in [-0.1, -0.05) is 0 Å². The fraction of sp³-hybridized carbons (Fsp3) is 0.444. The van der Waals surface area contributed by atoms with Gasteiger partial charge in [0, 0.05) is 42.9 Å². The van der Waals surface area contributed by atoms with E-state index in [0.717, 1.165) is 24.1 Å². The third kappa shape index (κ3) is 3.14. The van der Waals surface area contributed by atoms with Crippen LogP contribution in [0.2, 0.25) is 0 Å². The molecule has 1 atom stereocenters. The largest absolute Gasteiger partial charge is 0.381 e. The second kappa shape index (κ2) is 6.99. The molecule has 4 heterocycles. The van der Waals surface area contributed by atoms with Crippen molar-refractivity contribution in [2.75, 3.05) is 18.1 Å². The van der Waals surface area contributed by atoms with E-state index in [1.165, 1.54) is 6.20 Å². The van der Waals surface area contributed by atoms with E-state index < -0.39 is 11.6 Å². The van der Waals surface area contributed by atoms with Gasteiger partial charge >= 0.3 is 5.69 Å². The number of hydrogen-bond acceptors (Lipinski definition) is 7. The van der Waals surface area contributed by atoms with Crippen LogP contribution in [0.25, 0.3) is 0 Å². The maximum Gasteiger partial charge on any atom is 0.344 e. The zero-order chi connectivity index (χ0) is 19.0. The molecule has 2 aromatic rings. The number of aromatic nitrogens is 4. The van der Waals surface area contributed by atoms with Gasteiger partial charge in [-0.05, 0) is 38.5 Å². The van der Waals surface area contributed by atoms with Gasteiger partial charge in [0.1, 0.15) is 5.82 Å². The third-order valence-electron chi connectivity index (χ3n) is 5.15. The Morgan fingerprint density at radius 3 is 2.74 bits per heavy atom. The molecule has 9 heteroatoms. The predicted octanol–water partition coefficient (Wildman–Crippen LogP) is 1.05. The monoisotopic (exact) mass is 368 g/mol. The van der Waals surface area contributed by atoms with E-state index in [9.17, 15) is 9.59 Å². The molecule has 0 radical (unpaired) electrons. The van der Waals surface area contributed by atoms with Crippen LogP contribution in [-0.2, 0) is 16.0 Å². The number of amides is 1. The zero-order valence-electron chi connectivity index (χ0n) is 15.0. The van der Waals surface area contributed by atoms with Crippen LogP contribution in [0, 0.1) is 6.92 Å². The van der Waals surface area contributed by atoms with Crippen LogP contribution < -0.4 is 10.6 Å². The fourth-order valence-electron chi connectivity index (χ4n) is 3.74. The van der Waals surface area contributed by atoms with Crippen LogP contribution >= 0.6 is 0 Å². The van der Waals surface area contributed by atoms with E-state index in [4.69, 9.17) is 4.74 Å². The average molecular weight is 368 g/mol. The molecule has 1 unspecified atom stereocenters. The molecular weight excluding hydrogens is 348 g/mol. The smallest absolute Gasteiger partial charge is 0.344 e. The Labute approximate surface area is 155 Å². The molecule has 0 aromatic carbocycles. The van der Waals surface area contributed by atoms with Crippen molar-refractivity contribution in [2.24, 2.45) is 4.99 Å². The molecule has 2 aromatic heterocycles. The van der Waals surface area contributed by atoms with E-state index >= 15 is 0 Å². The van der Waals surface area contributed by atoms with Gasteiger partial charge in [0.15, 0.2) is 0 Å². The average Bonchev–Trinajstić information content (AvgIpc) is 2.69. The number of nitrogens with one attached hydrogen (secondary N) is 1. The Kier molecular flexibility index (Phi) is 4.53. The number of aliphatic imine (C=N–C) groups is 1. The SMILES string of the molecule is C=Nc1nc(C)c2c(n1)N(C1CCOCC1)C(=O)C(c1cnc(=O)[nH]c1)C2. The van der Waals surface area contributed by atoms with Gasteiger partial charge in [-0.15, -0.1) is 0 Å². The van der Waals surface area contributed by atoms with Crippen molar-refractivity contribution in [2.45, 2.75) is 38.1 Å². The summed E-state index contributed by atoms with van der Waals surface area (Å²) in [6, 6.07) is -0.00418. The molecule has 1 amide bonds. The number of anilines is 1. The Balaban J connectivity index is 1.83. The van der Waals surface area contributed by atoms with Gasteiger partial charge in [0.05, 0.1) is 5.92 Å². The van der Waals surface area contributed by atoms with Gasteiger partial charge in [-0.3, -0.25) is 9.69 Å². The van der Waals surface area contributed by atoms with Crippen molar-refractivity contribution in [3.8, 4) is 0 Å². The highest BCUT2D eigenvalue weighted by atomic mass is 16.5. The molecule has 2 aliphatic heterocycles. The minimum absolute atomic E-state index is 0.00418. The van der Waals surface area contributed by atoms with Gasteiger partial charge in [-0.2, -0.15) is 4.98 Å². The van der Waals surface area contributed by atoms with Crippen LogP contribution in [0.15, 0.2) is 22.2 Å². The van der Waals surface area contributed by atoms with E-state index in [1.807, 2.05) is 6.92 Å². The molecule has 9 nitrogen and oxygen atoms in total. The van der Waals surface area contributed by atoms with Crippen LogP contribution in [0.3, 0.4) is 0 Å². The number of hydrogen-bond donors (Lipinski definition) is 1. The second-order valence-corrected chi connectivity index (χ2v) is 6.73. The summed E-state index contributed by atoms with van der Waals surface area (Å²) in [6.07, 6.45) is 4.94. The molecule has 1 fully saturated rings. The quantitative estimate of drug-likeness (QED) is 0.810. The molecule has 0 spiro atoms. The summed E-state index contributed by atoms with van der Waals surface area (Å²) < 4.78 is 5.46. The predicted molar refractivity (Wildman–Crippen MR) is 98.6 cm³/mol. The summed E-state index contributed by atoms with van der Waals surface area (Å²) in [5.74, 6) is 0.363. The van der Waals surface area contributed by atoms with Crippen molar-refractivity contribution < 1.29 is 9.53 Å². The number of rotatable bonds is 3. The normalized spacial score (nSPS) is 20.4. The highest BCUT2D eigenvalue weighted by Gasteiger charge is 2.40. The third-order valence-corrected chi connectivity index (χ3v) is 5.15. The topological polar surface area (TPSA) is 113 Å². The lowest BCUT2D eigenvalue weighted by Crippen LogP contribution is -2.49. The first kappa shape index (κ1) is 17.5. The van der Waals surface area contributed by atoms with Crippen LogP contribution in [0.1, 0.15) is 35.6 Å². The molecule has 0 saturated carbocycles. The van der Waals surface area contributed by atoms with Gasteiger partial charge in [0.2, 0.25) is 5.91 Å².